The molecule has 0 saturated heterocycles. The molecule has 4 heteroatoms. The lowest BCUT2D eigenvalue weighted by molar-refractivity contribution is -0.859. The van der Waals surface area contributed by atoms with E-state index >= 15 is 0 Å². The Labute approximate surface area is 87.8 Å². The van der Waals surface area contributed by atoms with E-state index in [9.17, 15) is 8.78 Å². The minimum atomic E-state index is -2.41. The average molecular weight is 213 g/mol. The maximum atomic E-state index is 12.8. The molecular weight excluding hydrogens is 198 g/mol. The van der Waals surface area contributed by atoms with Crippen LogP contribution in [0, 0.1) is 11.8 Å². The molecule has 0 bridgehead atoms. The highest BCUT2D eigenvalue weighted by atomic mass is 19.3. The second kappa shape index (κ2) is 2.67. The summed E-state index contributed by atoms with van der Waals surface area (Å²) >= 11 is 0. The molecule has 1 heterocycles. The van der Waals surface area contributed by atoms with Crippen molar-refractivity contribution in [2.24, 2.45) is 16.9 Å². The number of fused-ring (bicyclic) bond motifs is 2. The Kier molecular flexibility index (Phi) is 1.68. The van der Waals surface area contributed by atoms with Crippen molar-refractivity contribution in [2.45, 2.75) is 25.7 Å². The maximum absolute atomic E-state index is 12.8. The van der Waals surface area contributed by atoms with Crippen molar-refractivity contribution >= 4 is 5.71 Å². The molecule has 2 aliphatic carbocycles. The van der Waals surface area contributed by atoms with Crippen LogP contribution in [0.15, 0.2) is 16.4 Å². The first kappa shape index (κ1) is 9.46. The summed E-state index contributed by atoms with van der Waals surface area (Å²) in [7, 11) is 3.82. The number of alkyl halides is 2. The van der Waals surface area contributed by atoms with Gasteiger partial charge in [-0.05, 0) is 25.2 Å². The minimum absolute atomic E-state index is 0.0559. The first-order valence-electron chi connectivity index (χ1n) is 5.47. The van der Waals surface area contributed by atoms with E-state index in [4.69, 9.17) is 0 Å². The fraction of sp³-hybridized carbons (Fsp3) is 0.727. The van der Waals surface area contributed by atoms with Gasteiger partial charge < -0.3 is 0 Å². The number of halogens is 2. The van der Waals surface area contributed by atoms with Gasteiger partial charge in [0.2, 0.25) is 0 Å². The summed E-state index contributed by atoms with van der Waals surface area (Å²) < 4.78 is 26.0. The molecule has 2 nitrogen and oxygen atoms in total. The van der Waals surface area contributed by atoms with Crippen LogP contribution in [0.4, 0.5) is 8.78 Å². The van der Waals surface area contributed by atoms with E-state index in [1.807, 2.05) is 14.1 Å². The van der Waals surface area contributed by atoms with Gasteiger partial charge in [-0.2, -0.15) is 4.59 Å². The van der Waals surface area contributed by atoms with Gasteiger partial charge in [0.05, 0.1) is 14.1 Å². The van der Waals surface area contributed by atoms with Gasteiger partial charge in [0, 0.05) is 11.5 Å². The maximum Gasteiger partial charge on any atom is 0.286 e. The number of rotatable bonds is 1. The lowest BCUT2D eigenvalue weighted by Crippen LogP contribution is -2.32. The van der Waals surface area contributed by atoms with Gasteiger partial charge in [0.25, 0.3) is 6.43 Å². The van der Waals surface area contributed by atoms with E-state index in [1.54, 1.807) is 0 Å². The molecule has 1 fully saturated rings. The highest BCUT2D eigenvalue weighted by Gasteiger charge is 2.55. The van der Waals surface area contributed by atoms with Crippen LogP contribution >= 0.6 is 0 Å². The largest absolute Gasteiger partial charge is 0.286 e. The van der Waals surface area contributed by atoms with E-state index in [1.165, 1.54) is 12.1 Å². The highest BCUT2D eigenvalue weighted by molar-refractivity contribution is 6.03. The third kappa shape index (κ3) is 1.20. The summed E-state index contributed by atoms with van der Waals surface area (Å²) in [6, 6.07) is 0. The van der Waals surface area contributed by atoms with Crippen LogP contribution in [0.25, 0.3) is 0 Å². The van der Waals surface area contributed by atoms with E-state index in [0.717, 1.165) is 24.3 Å². The minimum Gasteiger partial charge on any atom is -0.203 e. The van der Waals surface area contributed by atoms with Crippen LogP contribution in [-0.4, -0.2) is 30.8 Å². The summed E-state index contributed by atoms with van der Waals surface area (Å²) in [6.45, 7) is 0. The number of hydrogen-bond donors (Lipinski definition) is 0. The van der Waals surface area contributed by atoms with Gasteiger partial charge in [-0.3, -0.25) is 0 Å². The molecule has 2 atom stereocenters. The van der Waals surface area contributed by atoms with Gasteiger partial charge in [0.1, 0.15) is 5.70 Å². The van der Waals surface area contributed by atoms with Crippen molar-refractivity contribution in [1.82, 2.24) is 0 Å². The second-order valence-electron chi connectivity index (χ2n) is 5.19. The van der Waals surface area contributed by atoms with E-state index < -0.39 is 6.43 Å². The van der Waals surface area contributed by atoms with E-state index in [0.29, 0.717) is 10.5 Å². The van der Waals surface area contributed by atoms with Crippen LogP contribution in [0.2, 0.25) is 0 Å². The van der Waals surface area contributed by atoms with Crippen molar-refractivity contribution in [1.29, 1.82) is 0 Å². The standard InChI is InChI=1S/C11H15F2N2/c1-15(2)10-7(9(14-15)11(12)13)4-3-6-5-8(6)10/h6,8,11H,3-5H2,1-2H3/q+1. The second-order valence-corrected chi connectivity index (χ2v) is 5.19. The Hall–Kier alpha value is -0.770. The van der Waals surface area contributed by atoms with Crippen LogP contribution in [0.1, 0.15) is 19.3 Å². The predicted molar refractivity (Wildman–Crippen MR) is 53.4 cm³/mol. The van der Waals surface area contributed by atoms with Crippen LogP contribution in [-0.2, 0) is 0 Å². The first-order chi connectivity index (χ1) is 7.00. The summed E-state index contributed by atoms with van der Waals surface area (Å²) in [4.78, 5) is 0. The number of quaternary nitrogens is 1. The molecule has 0 radical (unpaired) electrons. The first-order valence-corrected chi connectivity index (χ1v) is 5.47. The SMILES string of the molecule is C[N+]1(C)N=C(C(F)F)C2=C1C1CC1CC2. The number of nitrogens with zero attached hydrogens (tertiary/aromatic N) is 2. The summed E-state index contributed by atoms with van der Waals surface area (Å²) in [5.74, 6) is 1.30. The average Bonchev–Trinajstić information content (AvgIpc) is 2.85. The molecular formula is C11H15F2N2+. The highest BCUT2D eigenvalue weighted by Crippen LogP contribution is 2.56. The summed E-state index contributed by atoms with van der Waals surface area (Å²) in [6.07, 6.45) is 0.661. The molecule has 1 saturated carbocycles. The predicted octanol–water partition coefficient (Wildman–Crippen LogP) is 2.38. The molecule has 0 spiro atoms. The van der Waals surface area contributed by atoms with E-state index in [-0.39, 0.29) is 5.71 Å². The van der Waals surface area contributed by atoms with Gasteiger partial charge in [-0.1, -0.05) is 5.10 Å². The van der Waals surface area contributed by atoms with Crippen molar-refractivity contribution in [2.75, 3.05) is 14.1 Å². The fourth-order valence-corrected chi connectivity index (χ4v) is 3.14. The molecule has 3 aliphatic rings. The van der Waals surface area contributed by atoms with Gasteiger partial charge in [-0.25, -0.2) is 8.78 Å². The lowest BCUT2D eigenvalue weighted by Gasteiger charge is -2.23. The molecule has 3 rings (SSSR count). The number of hydrogen-bond acceptors (Lipinski definition) is 1. The molecule has 82 valence electrons. The topological polar surface area (TPSA) is 12.4 Å². The van der Waals surface area contributed by atoms with Crippen molar-refractivity contribution in [3.8, 4) is 0 Å². The zero-order chi connectivity index (χ0) is 10.8. The summed E-state index contributed by atoms with van der Waals surface area (Å²) in [5, 5.41) is 4.17. The number of allylic oxidation sites excluding steroid dienone is 2. The molecule has 0 aromatic rings. The van der Waals surface area contributed by atoms with Gasteiger partial charge in [0.15, 0.2) is 5.71 Å². The molecule has 15 heavy (non-hydrogen) atoms. The Bertz CT molecular complexity index is 382. The Morgan fingerprint density at radius 2 is 2.13 bits per heavy atom. The molecule has 2 unspecified atom stereocenters. The smallest absolute Gasteiger partial charge is 0.203 e. The Morgan fingerprint density at radius 1 is 1.40 bits per heavy atom. The molecule has 1 aliphatic heterocycles. The monoisotopic (exact) mass is 213 g/mol. The summed E-state index contributed by atoms with van der Waals surface area (Å²) in [5.41, 5.74) is 2.09. The lowest BCUT2D eigenvalue weighted by atomic mass is 9.93. The van der Waals surface area contributed by atoms with Crippen molar-refractivity contribution in [3.05, 3.63) is 11.3 Å². The van der Waals surface area contributed by atoms with Crippen LogP contribution < -0.4 is 0 Å². The molecule has 0 amide bonds. The normalized spacial score (nSPS) is 36.5. The molecule has 0 aromatic carbocycles. The van der Waals surface area contributed by atoms with Crippen molar-refractivity contribution in [3.63, 3.8) is 0 Å². The van der Waals surface area contributed by atoms with Gasteiger partial charge >= 0.3 is 0 Å². The fourth-order valence-electron chi connectivity index (χ4n) is 3.14. The molecule has 0 aromatic heterocycles. The Balaban J connectivity index is 2.07. The zero-order valence-corrected chi connectivity index (χ0v) is 9.00. The van der Waals surface area contributed by atoms with Crippen molar-refractivity contribution < 1.29 is 13.4 Å². The zero-order valence-electron chi connectivity index (χ0n) is 9.00. The third-order valence-electron chi connectivity index (χ3n) is 3.81. The van der Waals surface area contributed by atoms with Crippen LogP contribution in [0.5, 0.6) is 0 Å². The molecule has 0 N–H and O–H groups in total. The van der Waals surface area contributed by atoms with E-state index in [2.05, 4.69) is 5.10 Å². The van der Waals surface area contributed by atoms with Gasteiger partial charge in [-0.15, -0.1) is 0 Å². The Morgan fingerprint density at radius 3 is 2.80 bits per heavy atom. The van der Waals surface area contributed by atoms with Crippen LogP contribution in [0.3, 0.4) is 0 Å². The third-order valence-corrected chi connectivity index (χ3v) is 3.81. The quantitative estimate of drug-likeness (QED) is 0.593.